The van der Waals surface area contributed by atoms with E-state index in [0.29, 0.717) is 30.8 Å². The fourth-order valence-corrected chi connectivity index (χ4v) is 3.84. The molecule has 0 radical (unpaired) electrons. The van der Waals surface area contributed by atoms with Crippen LogP contribution in [0.3, 0.4) is 0 Å². The highest BCUT2D eigenvalue weighted by atomic mass is 16.2. The summed E-state index contributed by atoms with van der Waals surface area (Å²) in [6, 6.07) is 15.3. The molecule has 3 aromatic rings. The predicted octanol–water partition coefficient (Wildman–Crippen LogP) is 2.63. The van der Waals surface area contributed by atoms with Gasteiger partial charge in [0, 0.05) is 24.3 Å². The zero-order valence-corrected chi connectivity index (χ0v) is 17.8. The van der Waals surface area contributed by atoms with Crippen molar-refractivity contribution in [2.24, 2.45) is 0 Å². The van der Waals surface area contributed by atoms with E-state index in [1.807, 2.05) is 31.2 Å². The van der Waals surface area contributed by atoms with Gasteiger partial charge < -0.3 is 10.2 Å². The van der Waals surface area contributed by atoms with Crippen molar-refractivity contribution in [1.29, 1.82) is 5.26 Å². The summed E-state index contributed by atoms with van der Waals surface area (Å²) in [5, 5.41) is 19.1. The maximum Gasteiger partial charge on any atom is 0.272 e. The number of nitrogens with zero attached hydrogens (tertiary/aromatic N) is 4. The lowest BCUT2D eigenvalue weighted by Gasteiger charge is -2.27. The number of amides is 2. The highest BCUT2D eigenvalue weighted by Crippen LogP contribution is 2.22. The molecule has 0 aliphatic carbocycles. The number of hydrogen-bond donors (Lipinski definition) is 2. The van der Waals surface area contributed by atoms with Crippen LogP contribution < -0.4 is 5.32 Å². The maximum atomic E-state index is 12.8. The lowest BCUT2D eigenvalue weighted by Crippen LogP contribution is -2.37. The smallest absolute Gasteiger partial charge is 0.272 e. The summed E-state index contributed by atoms with van der Waals surface area (Å²) in [5.74, 6) is -0.359. The number of H-pyrrole nitrogens is 1. The molecule has 1 aromatic carbocycles. The molecule has 8 heteroatoms. The number of aromatic nitrogens is 3. The molecule has 1 atom stereocenters. The Hall–Kier alpha value is -3.99. The molecule has 0 bridgehead atoms. The van der Waals surface area contributed by atoms with E-state index in [1.54, 1.807) is 11.0 Å². The summed E-state index contributed by atoms with van der Waals surface area (Å²) in [4.78, 5) is 31.2. The van der Waals surface area contributed by atoms with Crippen molar-refractivity contribution >= 4 is 11.8 Å². The molecule has 2 aromatic heterocycles. The van der Waals surface area contributed by atoms with Crippen molar-refractivity contribution in [3.63, 3.8) is 0 Å². The average Bonchev–Trinajstić information content (AvgIpc) is 3.26. The first-order chi connectivity index (χ1) is 15.5. The van der Waals surface area contributed by atoms with Crippen molar-refractivity contribution in [2.45, 2.75) is 38.8 Å². The molecule has 2 N–H and O–H groups in total. The summed E-state index contributed by atoms with van der Waals surface area (Å²) in [5.41, 5.74) is 3.97. The van der Waals surface area contributed by atoms with Gasteiger partial charge in [-0.3, -0.25) is 14.7 Å². The number of pyridine rings is 1. The molecule has 32 heavy (non-hydrogen) atoms. The number of nitriles is 1. The van der Waals surface area contributed by atoms with Crippen molar-refractivity contribution in [3.8, 4) is 6.07 Å². The first kappa shape index (κ1) is 21.2. The number of fused-ring (bicyclic) bond motifs is 1. The number of nitrogens with one attached hydrogen (secondary N) is 2. The summed E-state index contributed by atoms with van der Waals surface area (Å²) in [7, 11) is 0. The van der Waals surface area contributed by atoms with Crippen LogP contribution in [-0.2, 0) is 19.4 Å². The Bertz CT molecular complexity index is 1150. The van der Waals surface area contributed by atoms with E-state index in [4.69, 9.17) is 5.26 Å². The molecule has 2 amide bonds. The zero-order chi connectivity index (χ0) is 22.5. The maximum absolute atomic E-state index is 12.8. The van der Waals surface area contributed by atoms with Crippen LogP contribution in [0.2, 0.25) is 0 Å². The number of carbonyl (C=O) groups is 2. The van der Waals surface area contributed by atoms with Gasteiger partial charge in [0.05, 0.1) is 17.8 Å². The Morgan fingerprint density at radius 3 is 2.78 bits per heavy atom. The number of aryl methyl sites for hydroxylation is 1. The van der Waals surface area contributed by atoms with Crippen LogP contribution >= 0.6 is 0 Å². The second-order valence-corrected chi connectivity index (χ2v) is 7.95. The Morgan fingerprint density at radius 2 is 2.06 bits per heavy atom. The molecule has 3 heterocycles. The van der Waals surface area contributed by atoms with Gasteiger partial charge in [-0.1, -0.05) is 30.3 Å². The Balaban J connectivity index is 1.36. The van der Waals surface area contributed by atoms with E-state index < -0.39 is 0 Å². The second-order valence-electron chi connectivity index (χ2n) is 7.95. The quantitative estimate of drug-likeness (QED) is 0.626. The van der Waals surface area contributed by atoms with Gasteiger partial charge >= 0.3 is 0 Å². The topological polar surface area (TPSA) is 115 Å². The van der Waals surface area contributed by atoms with Gasteiger partial charge in [0.2, 0.25) is 0 Å². The van der Waals surface area contributed by atoms with Crippen LogP contribution in [0.1, 0.15) is 56.7 Å². The van der Waals surface area contributed by atoms with Gasteiger partial charge in [-0.25, -0.2) is 4.98 Å². The highest BCUT2D eigenvalue weighted by molar-refractivity contribution is 5.95. The lowest BCUT2D eigenvalue weighted by atomic mass is 10.0. The molecule has 1 aliphatic heterocycles. The molecule has 0 fully saturated rings. The van der Waals surface area contributed by atoms with Crippen LogP contribution in [0.4, 0.5) is 0 Å². The largest absolute Gasteiger partial charge is 0.348 e. The Morgan fingerprint density at radius 1 is 1.25 bits per heavy atom. The summed E-state index contributed by atoms with van der Waals surface area (Å²) < 4.78 is 0. The standard InChI is InChI=1S/C24H24N6O2/c1-16(7-8-17-5-3-2-4-6-17)27-23(31)22-20-11-12-30(15-21(20)28-29-22)24(32)18-9-10-19(13-25)26-14-18/h2-6,9-10,14,16H,7-8,11-12,15H2,1H3,(H,27,31)(H,28,29). The molecule has 1 aliphatic rings. The average molecular weight is 428 g/mol. The third-order valence-electron chi connectivity index (χ3n) is 5.65. The van der Waals surface area contributed by atoms with Crippen molar-refractivity contribution in [1.82, 2.24) is 25.4 Å². The van der Waals surface area contributed by atoms with E-state index in [1.165, 1.54) is 17.8 Å². The van der Waals surface area contributed by atoms with Gasteiger partial charge in [0.1, 0.15) is 11.8 Å². The molecular weight excluding hydrogens is 404 g/mol. The summed E-state index contributed by atoms with van der Waals surface area (Å²) in [6.07, 6.45) is 3.69. The fourth-order valence-electron chi connectivity index (χ4n) is 3.84. The number of carbonyl (C=O) groups excluding carboxylic acids is 2. The van der Waals surface area contributed by atoms with Crippen molar-refractivity contribution in [2.75, 3.05) is 6.54 Å². The van der Waals surface area contributed by atoms with Gasteiger partial charge in [-0.15, -0.1) is 0 Å². The zero-order valence-electron chi connectivity index (χ0n) is 17.8. The van der Waals surface area contributed by atoms with Gasteiger partial charge in [0.25, 0.3) is 11.8 Å². The lowest BCUT2D eigenvalue weighted by molar-refractivity contribution is 0.0732. The molecule has 1 unspecified atom stereocenters. The molecular formula is C24H24N6O2. The van der Waals surface area contributed by atoms with Crippen molar-refractivity contribution in [3.05, 3.63) is 82.4 Å². The van der Waals surface area contributed by atoms with E-state index in [2.05, 4.69) is 32.6 Å². The molecule has 0 saturated carbocycles. The van der Waals surface area contributed by atoms with E-state index in [0.717, 1.165) is 24.1 Å². The van der Waals surface area contributed by atoms with Gasteiger partial charge in [-0.2, -0.15) is 10.4 Å². The molecule has 0 spiro atoms. The van der Waals surface area contributed by atoms with Crippen LogP contribution in [0.15, 0.2) is 48.7 Å². The Kier molecular flexibility index (Phi) is 6.26. The first-order valence-corrected chi connectivity index (χ1v) is 10.6. The van der Waals surface area contributed by atoms with Crippen LogP contribution in [0.5, 0.6) is 0 Å². The van der Waals surface area contributed by atoms with E-state index in [-0.39, 0.29) is 23.6 Å². The van der Waals surface area contributed by atoms with Gasteiger partial charge in [0.15, 0.2) is 5.69 Å². The molecule has 162 valence electrons. The van der Waals surface area contributed by atoms with Crippen molar-refractivity contribution < 1.29 is 9.59 Å². The fraction of sp³-hybridized carbons (Fsp3) is 0.292. The molecule has 0 saturated heterocycles. The number of hydrogen-bond acceptors (Lipinski definition) is 5. The monoisotopic (exact) mass is 428 g/mol. The third-order valence-corrected chi connectivity index (χ3v) is 5.65. The Labute approximate surface area is 186 Å². The van der Waals surface area contributed by atoms with Crippen LogP contribution in [0, 0.1) is 11.3 Å². The van der Waals surface area contributed by atoms with Crippen LogP contribution in [0.25, 0.3) is 0 Å². The van der Waals surface area contributed by atoms with Crippen LogP contribution in [-0.4, -0.2) is 44.5 Å². The second kappa shape index (κ2) is 9.43. The third kappa shape index (κ3) is 4.67. The minimum atomic E-state index is -0.195. The number of aromatic amines is 1. The van der Waals surface area contributed by atoms with E-state index in [9.17, 15) is 9.59 Å². The first-order valence-electron chi connectivity index (χ1n) is 10.6. The minimum absolute atomic E-state index is 0.0144. The highest BCUT2D eigenvalue weighted by Gasteiger charge is 2.28. The number of rotatable bonds is 6. The SMILES string of the molecule is CC(CCc1ccccc1)NC(=O)c1n[nH]c2c1CCN(C(=O)c1ccc(C#N)nc1)C2. The summed E-state index contributed by atoms with van der Waals surface area (Å²) in [6.45, 7) is 2.82. The predicted molar refractivity (Wildman–Crippen MR) is 118 cm³/mol. The van der Waals surface area contributed by atoms with E-state index >= 15 is 0 Å². The summed E-state index contributed by atoms with van der Waals surface area (Å²) >= 11 is 0. The van der Waals surface area contributed by atoms with Gasteiger partial charge in [-0.05, 0) is 43.9 Å². The number of benzene rings is 1. The normalized spacial score (nSPS) is 13.7. The minimum Gasteiger partial charge on any atom is -0.348 e. The molecule has 4 rings (SSSR count). The molecule has 8 nitrogen and oxygen atoms in total.